The predicted octanol–water partition coefficient (Wildman–Crippen LogP) is 4.71. The van der Waals surface area contributed by atoms with E-state index in [1.807, 2.05) is 18.4 Å². The number of thiophene rings is 1. The van der Waals surface area contributed by atoms with Crippen molar-refractivity contribution in [1.82, 2.24) is 0 Å². The summed E-state index contributed by atoms with van der Waals surface area (Å²) in [5.74, 6) is -1.18. The first kappa shape index (κ1) is 12.5. The summed E-state index contributed by atoms with van der Waals surface area (Å²) in [6.45, 7) is 2.54. The lowest BCUT2D eigenvalue weighted by Gasteiger charge is -2.08. The Morgan fingerprint density at radius 1 is 1.29 bits per heavy atom. The smallest absolute Gasteiger partial charge is 0.149 e. The molecule has 1 N–H and O–H groups in total. The molecule has 0 amide bonds. The summed E-state index contributed by atoms with van der Waals surface area (Å²) in [5, 5.41) is 4.95. The van der Waals surface area contributed by atoms with E-state index in [4.69, 9.17) is 0 Å². The molecule has 1 nitrogen and oxygen atoms in total. The molecule has 5 heteroatoms. The van der Waals surface area contributed by atoms with Gasteiger partial charge in [-0.05, 0) is 45.9 Å². The van der Waals surface area contributed by atoms with Gasteiger partial charge >= 0.3 is 0 Å². The highest BCUT2D eigenvalue weighted by molar-refractivity contribution is 9.10. The quantitative estimate of drug-likeness (QED) is 0.808. The van der Waals surface area contributed by atoms with Crippen molar-refractivity contribution in [3.05, 3.63) is 50.1 Å². The van der Waals surface area contributed by atoms with Gasteiger partial charge in [0.05, 0.1) is 10.2 Å². The molecule has 0 radical (unpaired) electrons. The van der Waals surface area contributed by atoms with Crippen molar-refractivity contribution in [2.75, 3.05) is 5.32 Å². The van der Waals surface area contributed by atoms with Crippen LogP contribution in [0.4, 0.5) is 14.5 Å². The van der Waals surface area contributed by atoms with Crippen LogP contribution in [-0.4, -0.2) is 0 Å². The van der Waals surface area contributed by atoms with Gasteiger partial charge in [0, 0.05) is 17.5 Å². The molecule has 2 aromatic rings. The summed E-state index contributed by atoms with van der Waals surface area (Å²) in [5.41, 5.74) is 1.47. The minimum Gasteiger partial charge on any atom is -0.378 e. The van der Waals surface area contributed by atoms with E-state index >= 15 is 0 Å². The van der Waals surface area contributed by atoms with E-state index < -0.39 is 11.6 Å². The number of benzene rings is 1. The summed E-state index contributed by atoms with van der Waals surface area (Å²) in [4.78, 5) is 1.14. The van der Waals surface area contributed by atoms with Crippen molar-refractivity contribution in [2.24, 2.45) is 0 Å². The van der Waals surface area contributed by atoms with Crippen LogP contribution in [0.3, 0.4) is 0 Å². The molecule has 0 unspecified atom stereocenters. The summed E-state index contributed by atoms with van der Waals surface area (Å²) < 4.78 is 26.7. The Morgan fingerprint density at radius 3 is 2.71 bits per heavy atom. The van der Waals surface area contributed by atoms with Crippen LogP contribution in [0.1, 0.15) is 10.4 Å². The normalized spacial score (nSPS) is 10.6. The molecule has 90 valence electrons. The van der Waals surface area contributed by atoms with Crippen LogP contribution < -0.4 is 5.32 Å². The van der Waals surface area contributed by atoms with Crippen LogP contribution in [-0.2, 0) is 6.54 Å². The Balaban J connectivity index is 2.14. The molecule has 1 aromatic heterocycles. The summed E-state index contributed by atoms with van der Waals surface area (Å²) in [6, 6.07) is 4.29. The third-order valence-corrected chi connectivity index (χ3v) is 4.05. The van der Waals surface area contributed by atoms with Crippen molar-refractivity contribution in [3.63, 3.8) is 0 Å². The molecule has 1 aromatic carbocycles. The van der Waals surface area contributed by atoms with Crippen molar-refractivity contribution < 1.29 is 8.78 Å². The van der Waals surface area contributed by atoms with Crippen LogP contribution >= 0.6 is 27.3 Å². The van der Waals surface area contributed by atoms with E-state index in [-0.39, 0.29) is 4.47 Å². The van der Waals surface area contributed by atoms with Crippen LogP contribution in [0.5, 0.6) is 0 Å². The van der Waals surface area contributed by atoms with Crippen molar-refractivity contribution in [2.45, 2.75) is 13.5 Å². The SMILES string of the molecule is Cc1ccsc1CNc1cc(Br)c(F)cc1F. The highest BCUT2D eigenvalue weighted by atomic mass is 79.9. The molecule has 0 aliphatic heterocycles. The topological polar surface area (TPSA) is 12.0 Å². The molecule has 0 saturated heterocycles. The fourth-order valence-corrected chi connectivity index (χ4v) is 2.61. The molecular formula is C12H10BrF2NS. The summed E-state index contributed by atoms with van der Waals surface area (Å²) >= 11 is 4.65. The second kappa shape index (κ2) is 5.14. The highest BCUT2D eigenvalue weighted by Crippen LogP contribution is 2.25. The van der Waals surface area contributed by atoms with Crippen molar-refractivity contribution >= 4 is 33.0 Å². The minimum atomic E-state index is -0.597. The maximum Gasteiger partial charge on any atom is 0.149 e. The molecule has 17 heavy (non-hydrogen) atoms. The monoisotopic (exact) mass is 317 g/mol. The second-order valence-electron chi connectivity index (χ2n) is 3.63. The number of rotatable bonds is 3. The molecule has 2 rings (SSSR count). The molecule has 0 bridgehead atoms. The maximum atomic E-state index is 13.4. The first-order valence-electron chi connectivity index (χ1n) is 4.99. The summed E-state index contributed by atoms with van der Waals surface area (Å²) in [7, 11) is 0. The average molecular weight is 318 g/mol. The van der Waals surface area contributed by atoms with Gasteiger partial charge in [-0.25, -0.2) is 8.78 Å². The second-order valence-corrected chi connectivity index (χ2v) is 5.48. The third-order valence-electron chi connectivity index (χ3n) is 2.42. The Labute approximate surface area is 111 Å². The molecule has 0 atom stereocenters. The fraction of sp³-hybridized carbons (Fsp3) is 0.167. The van der Waals surface area contributed by atoms with Gasteiger partial charge in [-0.1, -0.05) is 0 Å². The molecule has 0 saturated carbocycles. The van der Waals surface area contributed by atoms with Gasteiger partial charge in [0.1, 0.15) is 11.6 Å². The number of nitrogens with one attached hydrogen (secondary N) is 1. The number of hydrogen-bond donors (Lipinski definition) is 1. The van der Waals surface area contributed by atoms with Gasteiger partial charge in [0.15, 0.2) is 0 Å². The minimum absolute atomic E-state index is 0.254. The van der Waals surface area contributed by atoms with E-state index in [0.29, 0.717) is 12.2 Å². The van der Waals surface area contributed by atoms with E-state index in [0.717, 1.165) is 10.9 Å². The van der Waals surface area contributed by atoms with E-state index in [1.165, 1.54) is 11.6 Å². The van der Waals surface area contributed by atoms with Gasteiger partial charge in [-0.2, -0.15) is 0 Å². The Kier molecular flexibility index (Phi) is 3.79. The maximum absolute atomic E-state index is 13.4. The molecule has 0 aliphatic rings. The van der Waals surface area contributed by atoms with Gasteiger partial charge in [0.25, 0.3) is 0 Å². The van der Waals surface area contributed by atoms with E-state index in [9.17, 15) is 8.78 Å². The molecule has 0 fully saturated rings. The summed E-state index contributed by atoms with van der Waals surface area (Å²) in [6.07, 6.45) is 0. The first-order chi connectivity index (χ1) is 8.08. The van der Waals surface area contributed by atoms with Gasteiger partial charge in [-0.15, -0.1) is 11.3 Å². The Bertz CT molecular complexity index is 539. The number of halogens is 3. The van der Waals surface area contributed by atoms with Crippen LogP contribution in [0.25, 0.3) is 0 Å². The van der Waals surface area contributed by atoms with Gasteiger partial charge in [-0.3, -0.25) is 0 Å². The Hall–Kier alpha value is -0.940. The number of aryl methyl sites for hydroxylation is 1. The molecular weight excluding hydrogens is 308 g/mol. The number of anilines is 1. The predicted molar refractivity (Wildman–Crippen MR) is 70.4 cm³/mol. The lowest BCUT2D eigenvalue weighted by Crippen LogP contribution is -2.01. The largest absolute Gasteiger partial charge is 0.378 e. The van der Waals surface area contributed by atoms with Crippen LogP contribution in [0.15, 0.2) is 28.1 Å². The van der Waals surface area contributed by atoms with Crippen molar-refractivity contribution in [1.29, 1.82) is 0 Å². The zero-order valence-electron chi connectivity index (χ0n) is 9.06. The van der Waals surface area contributed by atoms with Gasteiger partial charge in [0.2, 0.25) is 0 Å². The zero-order valence-corrected chi connectivity index (χ0v) is 11.5. The molecule has 0 aliphatic carbocycles. The van der Waals surface area contributed by atoms with Crippen molar-refractivity contribution in [3.8, 4) is 0 Å². The lowest BCUT2D eigenvalue weighted by molar-refractivity contribution is 0.580. The lowest BCUT2D eigenvalue weighted by atomic mass is 10.2. The third kappa shape index (κ3) is 2.84. The average Bonchev–Trinajstić information content (AvgIpc) is 2.68. The molecule has 0 spiro atoms. The number of hydrogen-bond acceptors (Lipinski definition) is 2. The zero-order chi connectivity index (χ0) is 12.4. The van der Waals surface area contributed by atoms with Crippen LogP contribution in [0, 0.1) is 18.6 Å². The van der Waals surface area contributed by atoms with Crippen LogP contribution in [0.2, 0.25) is 0 Å². The molecule has 1 heterocycles. The van der Waals surface area contributed by atoms with Gasteiger partial charge < -0.3 is 5.32 Å². The highest BCUT2D eigenvalue weighted by Gasteiger charge is 2.08. The fourth-order valence-electron chi connectivity index (χ4n) is 1.42. The first-order valence-corrected chi connectivity index (χ1v) is 6.66. The standard InChI is InChI=1S/C12H10BrF2NS/c1-7-2-3-17-12(7)6-16-11-4-8(13)9(14)5-10(11)15/h2-5,16H,6H2,1H3. The Morgan fingerprint density at radius 2 is 2.06 bits per heavy atom. The van der Waals surface area contributed by atoms with E-state index in [1.54, 1.807) is 11.3 Å². The van der Waals surface area contributed by atoms with E-state index in [2.05, 4.69) is 21.2 Å².